The Morgan fingerprint density at radius 2 is 2.00 bits per heavy atom. The topological polar surface area (TPSA) is 40.5 Å². The van der Waals surface area contributed by atoms with Gasteiger partial charge in [0.05, 0.1) is 0 Å². The highest BCUT2D eigenvalue weighted by Gasteiger charge is 2.38. The first-order chi connectivity index (χ1) is 5.61. The van der Waals surface area contributed by atoms with Crippen molar-refractivity contribution in [3.05, 3.63) is 0 Å². The Morgan fingerprint density at radius 3 is 2.33 bits per heavy atom. The first-order valence-electron chi connectivity index (χ1n) is 4.59. The molecule has 1 unspecified atom stereocenters. The predicted molar refractivity (Wildman–Crippen MR) is 47.1 cm³/mol. The van der Waals surface area contributed by atoms with Crippen LogP contribution in [-0.2, 0) is 4.79 Å². The third-order valence-corrected chi connectivity index (χ3v) is 2.95. The molecule has 0 amide bonds. The Bertz CT molecular complexity index is 175. The lowest BCUT2D eigenvalue weighted by molar-refractivity contribution is -0.150. The second-order valence-electron chi connectivity index (χ2n) is 3.63. The minimum absolute atomic E-state index is 0.628. The number of nitrogens with zero attached hydrogens (tertiary/aromatic N) is 1. The fraction of sp³-hybridized carbons (Fsp3) is 0.889. The summed E-state index contributed by atoms with van der Waals surface area (Å²) in [5.74, 6) is -0.688. The van der Waals surface area contributed by atoms with Gasteiger partial charge >= 0.3 is 5.97 Å². The minimum atomic E-state index is -0.688. The Kier molecular flexibility index (Phi) is 2.73. The maximum atomic E-state index is 11.0. The van der Waals surface area contributed by atoms with Crippen molar-refractivity contribution in [2.24, 2.45) is 0 Å². The van der Waals surface area contributed by atoms with E-state index in [2.05, 4.69) is 4.90 Å². The van der Waals surface area contributed by atoms with Gasteiger partial charge in [0, 0.05) is 0 Å². The first-order valence-corrected chi connectivity index (χ1v) is 4.59. The molecule has 1 aliphatic heterocycles. The van der Waals surface area contributed by atoms with Crippen molar-refractivity contribution in [1.82, 2.24) is 4.90 Å². The van der Waals surface area contributed by atoms with Gasteiger partial charge in [-0.3, -0.25) is 9.69 Å². The maximum Gasteiger partial charge on any atom is 0.323 e. The van der Waals surface area contributed by atoms with E-state index >= 15 is 0 Å². The van der Waals surface area contributed by atoms with Gasteiger partial charge in [0.2, 0.25) is 0 Å². The summed E-state index contributed by atoms with van der Waals surface area (Å²) < 4.78 is 0. The van der Waals surface area contributed by atoms with Crippen LogP contribution in [0, 0.1) is 0 Å². The number of carboxylic acids is 1. The van der Waals surface area contributed by atoms with Crippen molar-refractivity contribution in [3.8, 4) is 0 Å². The van der Waals surface area contributed by atoms with Gasteiger partial charge in [0.25, 0.3) is 0 Å². The lowest BCUT2D eigenvalue weighted by Crippen LogP contribution is -2.50. The lowest BCUT2D eigenvalue weighted by Gasteiger charge is -2.33. The van der Waals surface area contributed by atoms with E-state index in [-0.39, 0.29) is 0 Å². The Labute approximate surface area is 73.4 Å². The molecule has 0 aromatic rings. The Morgan fingerprint density at radius 1 is 1.50 bits per heavy atom. The SMILES string of the molecule is CCC(C)(C(=O)O)N1CCCC1. The summed E-state index contributed by atoms with van der Waals surface area (Å²) in [6.45, 7) is 5.64. The van der Waals surface area contributed by atoms with Crippen LogP contribution in [-0.4, -0.2) is 34.6 Å². The number of rotatable bonds is 3. The Hall–Kier alpha value is -0.570. The molecular formula is C9H17NO2. The van der Waals surface area contributed by atoms with E-state index in [1.165, 1.54) is 0 Å². The fourth-order valence-corrected chi connectivity index (χ4v) is 1.72. The third kappa shape index (κ3) is 1.46. The smallest absolute Gasteiger partial charge is 0.323 e. The number of hydrogen-bond donors (Lipinski definition) is 1. The largest absolute Gasteiger partial charge is 0.480 e. The zero-order chi connectivity index (χ0) is 9.19. The summed E-state index contributed by atoms with van der Waals surface area (Å²) in [5.41, 5.74) is -0.628. The van der Waals surface area contributed by atoms with Crippen LogP contribution in [0.4, 0.5) is 0 Å². The number of carboxylic acid groups (broad SMARTS) is 1. The van der Waals surface area contributed by atoms with Crippen LogP contribution in [0.15, 0.2) is 0 Å². The van der Waals surface area contributed by atoms with E-state index in [0.29, 0.717) is 6.42 Å². The minimum Gasteiger partial charge on any atom is -0.480 e. The summed E-state index contributed by atoms with van der Waals surface area (Å²) in [6.07, 6.45) is 2.97. The third-order valence-electron chi connectivity index (χ3n) is 2.95. The molecule has 0 spiro atoms. The fourth-order valence-electron chi connectivity index (χ4n) is 1.72. The van der Waals surface area contributed by atoms with Gasteiger partial charge in [-0.15, -0.1) is 0 Å². The molecule has 1 saturated heterocycles. The molecule has 0 saturated carbocycles. The van der Waals surface area contributed by atoms with Crippen LogP contribution in [0.25, 0.3) is 0 Å². The molecule has 0 aromatic carbocycles. The second kappa shape index (κ2) is 3.44. The van der Waals surface area contributed by atoms with Gasteiger partial charge in [-0.05, 0) is 39.3 Å². The van der Waals surface area contributed by atoms with Crippen molar-refractivity contribution in [2.45, 2.75) is 38.6 Å². The molecule has 1 atom stereocenters. The van der Waals surface area contributed by atoms with E-state index < -0.39 is 11.5 Å². The molecule has 1 N–H and O–H groups in total. The van der Waals surface area contributed by atoms with Crippen LogP contribution in [0.5, 0.6) is 0 Å². The van der Waals surface area contributed by atoms with E-state index in [0.717, 1.165) is 25.9 Å². The Balaban J connectivity index is 2.70. The van der Waals surface area contributed by atoms with Crippen molar-refractivity contribution in [1.29, 1.82) is 0 Å². The average Bonchev–Trinajstić information content (AvgIpc) is 2.54. The summed E-state index contributed by atoms with van der Waals surface area (Å²) in [4.78, 5) is 13.1. The molecule has 1 rings (SSSR count). The van der Waals surface area contributed by atoms with Gasteiger partial charge in [-0.2, -0.15) is 0 Å². The molecule has 1 heterocycles. The number of likely N-dealkylation sites (tertiary alicyclic amines) is 1. The standard InChI is InChI=1S/C9H17NO2/c1-3-9(2,8(11)12)10-6-4-5-7-10/h3-7H2,1-2H3,(H,11,12). The average molecular weight is 171 g/mol. The lowest BCUT2D eigenvalue weighted by atomic mass is 9.97. The maximum absolute atomic E-state index is 11.0. The van der Waals surface area contributed by atoms with Crippen LogP contribution in [0.3, 0.4) is 0 Å². The summed E-state index contributed by atoms with van der Waals surface area (Å²) in [7, 11) is 0. The molecule has 0 radical (unpaired) electrons. The summed E-state index contributed by atoms with van der Waals surface area (Å²) in [6, 6.07) is 0. The van der Waals surface area contributed by atoms with Crippen molar-refractivity contribution in [3.63, 3.8) is 0 Å². The second-order valence-corrected chi connectivity index (χ2v) is 3.63. The van der Waals surface area contributed by atoms with Gasteiger partial charge in [-0.1, -0.05) is 6.92 Å². The quantitative estimate of drug-likeness (QED) is 0.696. The van der Waals surface area contributed by atoms with Crippen LogP contribution in [0.2, 0.25) is 0 Å². The molecular weight excluding hydrogens is 154 g/mol. The van der Waals surface area contributed by atoms with Crippen molar-refractivity contribution >= 4 is 5.97 Å². The zero-order valence-electron chi connectivity index (χ0n) is 7.84. The molecule has 0 aromatic heterocycles. The molecule has 70 valence electrons. The summed E-state index contributed by atoms with van der Waals surface area (Å²) >= 11 is 0. The molecule has 3 nitrogen and oxygen atoms in total. The number of hydrogen-bond acceptors (Lipinski definition) is 2. The van der Waals surface area contributed by atoms with Crippen LogP contribution < -0.4 is 0 Å². The molecule has 3 heteroatoms. The molecule has 12 heavy (non-hydrogen) atoms. The van der Waals surface area contributed by atoms with Gasteiger partial charge < -0.3 is 5.11 Å². The van der Waals surface area contributed by atoms with E-state index in [4.69, 9.17) is 5.11 Å². The summed E-state index contributed by atoms with van der Waals surface area (Å²) in [5, 5.41) is 9.05. The molecule has 0 aliphatic carbocycles. The van der Waals surface area contributed by atoms with E-state index in [1.807, 2.05) is 13.8 Å². The highest BCUT2D eigenvalue weighted by atomic mass is 16.4. The normalized spacial score (nSPS) is 23.8. The van der Waals surface area contributed by atoms with E-state index in [1.54, 1.807) is 0 Å². The monoisotopic (exact) mass is 171 g/mol. The van der Waals surface area contributed by atoms with Gasteiger partial charge in [0.15, 0.2) is 0 Å². The number of carbonyl (C=O) groups is 1. The molecule has 1 fully saturated rings. The van der Waals surface area contributed by atoms with E-state index in [9.17, 15) is 4.79 Å². The predicted octanol–water partition coefficient (Wildman–Crippen LogP) is 1.34. The molecule has 1 aliphatic rings. The number of aliphatic carboxylic acids is 1. The molecule has 0 bridgehead atoms. The van der Waals surface area contributed by atoms with Gasteiger partial charge in [0.1, 0.15) is 5.54 Å². The van der Waals surface area contributed by atoms with Crippen molar-refractivity contribution < 1.29 is 9.90 Å². The van der Waals surface area contributed by atoms with Crippen LogP contribution in [0.1, 0.15) is 33.1 Å². The first kappa shape index (κ1) is 9.52. The zero-order valence-corrected chi connectivity index (χ0v) is 7.84. The highest BCUT2D eigenvalue weighted by Crippen LogP contribution is 2.24. The van der Waals surface area contributed by atoms with Gasteiger partial charge in [-0.25, -0.2) is 0 Å². The van der Waals surface area contributed by atoms with Crippen LogP contribution >= 0.6 is 0 Å². The van der Waals surface area contributed by atoms with Crippen molar-refractivity contribution in [2.75, 3.05) is 13.1 Å². The highest BCUT2D eigenvalue weighted by molar-refractivity contribution is 5.78.